The molecule has 4 heteroatoms. The lowest BCUT2D eigenvalue weighted by Gasteiger charge is -2.28. The molecule has 4 nitrogen and oxygen atoms in total. The fourth-order valence-corrected chi connectivity index (χ4v) is 2.52. The number of nitrogens with zero attached hydrogens (tertiary/aromatic N) is 1. The van der Waals surface area contributed by atoms with E-state index in [0.29, 0.717) is 6.61 Å². The van der Waals surface area contributed by atoms with Crippen molar-refractivity contribution in [2.45, 2.75) is 70.8 Å². The average Bonchev–Trinajstić information content (AvgIpc) is 2.42. The van der Waals surface area contributed by atoms with Gasteiger partial charge in [-0.15, -0.1) is 0 Å². The number of quaternary nitrogens is 1. The molecule has 136 valence electrons. The topological polar surface area (TPSA) is 46.5 Å². The van der Waals surface area contributed by atoms with E-state index in [1.807, 2.05) is 0 Å². The van der Waals surface area contributed by atoms with Crippen LogP contribution in [0.1, 0.15) is 64.7 Å². The SMILES string of the molecule is CCCCCCC=CCCCCOC(CC(=O)O)C[N+](C)(C)C. The first-order chi connectivity index (χ1) is 10.8. The Morgan fingerprint density at radius 2 is 1.65 bits per heavy atom. The lowest BCUT2D eigenvalue weighted by molar-refractivity contribution is -0.873. The smallest absolute Gasteiger partial charge is 0.306 e. The summed E-state index contributed by atoms with van der Waals surface area (Å²) in [5.41, 5.74) is 0. The van der Waals surface area contributed by atoms with Gasteiger partial charge < -0.3 is 14.3 Å². The lowest BCUT2D eigenvalue weighted by Crippen LogP contribution is -2.43. The molecule has 23 heavy (non-hydrogen) atoms. The van der Waals surface area contributed by atoms with Gasteiger partial charge in [-0.2, -0.15) is 0 Å². The first-order valence-corrected chi connectivity index (χ1v) is 9.14. The third-order valence-corrected chi connectivity index (χ3v) is 3.66. The van der Waals surface area contributed by atoms with Crippen molar-refractivity contribution in [2.75, 3.05) is 34.3 Å². The Bertz CT molecular complexity index is 321. The zero-order chi connectivity index (χ0) is 17.6. The van der Waals surface area contributed by atoms with Gasteiger partial charge >= 0.3 is 5.97 Å². The highest BCUT2D eigenvalue weighted by Gasteiger charge is 2.21. The second-order valence-electron chi connectivity index (χ2n) is 7.38. The average molecular weight is 329 g/mol. The van der Waals surface area contributed by atoms with Crippen LogP contribution in [0.3, 0.4) is 0 Å². The molecule has 0 aromatic heterocycles. The number of allylic oxidation sites excluding steroid dienone is 2. The monoisotopic (exact) mass is 328 g/mol. The first kappa shape index (κ1) is 22.1. The van der Waals surface area contributed by atoms with Gasteiger partial charge in [0.15, 0.2) is 0 Å². The highest BCUT2D eigenvalue weighted by molar-refractivity contribution is 5.67. The predicted molar refractivity (Wildman–Crippen MR) is 96.6 cm³/mol. The van der Waals surface area contributed by atoms with E-state index in [1.165, 1.54) is 32.1 Å². The second-order valence-corrected chi connectivity index (χ2v) is 7.38. The molecule has 1 unspecified atom stereocenters. The maximum Gasteiger partial charge on any atom is 0.306 e. The van der Waals surface area contributed by atoms with E-state index in [2.05, 4.69) is 40.2 Å². The van der Waals surface area contributed by atoms with Gasteiger partial charge in [0.25, 0.3) is 0 Å². The predicted octanol–water partition coefficient (Wildman–Crippen LogP) is 4.25. The van der Waals surface area contributed by atoms with Crippen molar-refractivity contribution in [1.29, 1.82) is 0 Å². The summed E-state index contributed by atoms with van der Waals surface area (Å²) in [5, 5.41) is 8.96. The zero-order valence-corrected chi connectivity index (χ0v) is 15.7. The molecule has 0 saturated carbocycles. The summed E-state index contributed by atoms with van der Waals surface area (Å²) < 4.78 is 6.50. The Labute approximate surface area is 143 Å². The number of ether oxygens (including phenoxy) is 1. The van der Waals surface area contributed by atoms with Crippen molar-refractivity contribution in [3.05, 3.63) is 12.2 Å². The normalized spacial score (nSPS) is 13.6. The zero-order valence-electron chi connectivity index (χ0n) is 15.7. The molecule has 0 aliphatic rings. The van der Waals surface area contributed by atoms with Crippen LogP contribution in [0, 0.1) is 0 Å². The van der Waals surface area contributed by atoms with Crippen molar-refractivity contribution in [1.82, 2.24) is 0 Å². The minimum absolute atomic E-state index is 0.0905. The van der Waals surface area contributed by atoms with Gasteiger partial charge in [0.2, 0.25) is 0 Å². The van der Waals surface area contributed by atoms with Crippen LogP contribution >= 0.6 is 0 Å². The van der Waals surface area contributed by atoms with Crippen LogP contribution in [0.15, 0.2) is 12.2 Å². The number of hydrogen-bond donors (Lipinski definition) is 1. The number of aliphatic carboxylic acids is 1. The molecular weight excluding hydrogens is 290 g/mol. The van der Waals surface area contributed by atoms with Gasteiger partial charge in [0, 0.05) is 6.61 Å². The Morgan fingerprint density at radius 1 is 1.04 bits per heavy atom. The fraction of sp³-hybridized carbons (Fsp3) is 0.842. The van der Waals surface area contributed by atoms with Gasteiger partial charge in [0.1, 0.15) is 12.6 Å². The maximum absolute atomic E-state index is 10.9. The van der Waals surface area contributed by atoms with Crippen LogP contribution in [-0.4, -0.2) is 56.0 Å². The van der Waals surface area contributed by atoms with Crippen molar-refractivity contribution in [3.63, 3.8) is 0 Å². The summed E-state index contributed by atoms with van der Waals surface area (Å²) in [5.74, 6) is -0.783. The van der Waals surface area contributed by atoms with E-state index in [1.54, 1.807) is 0 Å². The number of hydrogen-bond acceptors (Lipinski definition) is 2. The van der Waals surface area contributed by atoms with Crippen LogP contribution < -0.4 is 0 Å². The minimum Gasteiger partial charge on any atom is -0.481 e. The quantitative estimate of drug-likeness (QED) is 0.278. The summed E-state index contributed by atoms with van der Waals surface area (Å²) in [6.07, 6.45) is 14.1. The molecule has 0 rings (SSSR count). The highest BCUT2D eigenvalue weighted by atomic mass is 16.5. The molecule has 0 bridgehead atoms. The molecular formula is C19H38NO3+. The Morgan fingerprint density at radius 3 is 2.17 bits per heavy atom. The van der Waals surface area contributed by atoms with Gasteiger partial charge in [0.05, 0.1) is 27.6 Å². The second kappa shape index (κ2) is 13.6. The molecule has 1 N–H and O–H groups in total. The standard InChI is InChI=1S/C19H37NO3/c1-5-6-7-8-9-10-11-12-13-14-15-23-18(16-19(21)22)17-20(2,3)4/h10-11,18H,5-9,12-17H2,1-4H3/p+1. The summed E-state index contributed by atoms with van der Waals surface area (Å²) in [6, 6.07) is 0. The number of likely N-dealkylation sites (N-methyl/N-ethyl adjacent to an activating group) is 1. The number of unbranched alkanes of at least 4 members (excludes halogenated alkanes) is 6. The van der Waals surface area contributed by atoms with E-state index in [9.17, 15) is 4.79 Å². The number of carboxylic acid groups (broad SMARTS) is 1. The molecule has 0 aromatic rings. The third kappa shape index (κ3) is 17.3. The molecule has 0 aromatic carbocycles. The molecule has 0 aliphatic carbocycles. The van der Waals surface area contributed by atoms with E-state index in [0.717, 1.165) is 30.3 Å². The molecule has 0 radical (unpaired) electrons. The fourth-order valence-electron chi connectivity index (χ4n) is 2.52. The molecule has 1 atom stereocenters. The van der Waals surface area contributed by atoms with Crippen LogP contribution in [0.5, 0.6) is 0 Å². The largest absolute Gasteiger partial charge is 0.481 e. The molecule has 0 amide bonds. The van der Waals surface area contributed by atoms with Crippen molar-refractivity contribution in [3.8, 4) is 0 Å². The Hall–Kier alpha value is -0.870. The summed E-state index contributed by atoms with van der Waals surface area (Å²) in [6.45, 7) is 3.62. The molecule has 0 heterocycles. The highest BCUT2D eigenvalue weighted by Crippen LogP contribution is 2.08. The number of rotatable bonds is 15. The number of carboxylic acids is 1. The van der Waals surface area contributed by atoms with Crippen molar-refractivity contribution >= 4 is 5.97 Å². The summed E-state index contributed by atoms with van der Waals surface area (Å²) >= 11 is 0. The van der Waals surface area contributed by atoms with Gasteiger partial charge in [-0.1, -0.05) is 38.3 Å². The van der Waals surface area contributed by atoms with Crippen LogP contribution in [0.2, 0.25) is 0 Å². The van der Waals surface area contributed by atoms with Gasteiger partial charge in [-0.3, -0.25) is 4.79 Å². The molecule has 0 spiro atoms. The van der Waals surface area contributed by atoms with E-state index in [-0.39, 0.29) is 12.5 Å². The summed E-state index contributed by atoms with van der Waals surface area (Å²) in [4.78, 5) is 10.9. The minimum atomic E-state index is -0.783. The van der Waals surface area contributed by atoms with Crippen molar-refractivity contribution < 1.29 is 19.1 Å². The van der Waals surface area contributed by atoms with Gasteiger partial charge in [-0.05, 0) is 32.1 Å². The van der Waals surface area contributed by atoms with E-state index < -0.39 is 5.97 Å². The van der Waals surface area contributed by atoms with E-state index >= 15 is 0 Å². The van der Waals surface area contributed by atoms with Crippen LogP contribution in [0.4, 0.5) is 0 Å². The Kier molecular flexibility index (Phi) is 13.0. The first-order valence-electron chi connectivity index (χ1n) is 9.14. The van der Waals surface area contributed by atoms with Crippen LogP contribution in [-0.2, 0) is 9.53 Å². The van der Waals surface area contributed by atoms with Gasteiger partial charge in [-0.25, -0.2) is 0 Å². The lowest BCUT2D eigenvalue weighted by atomic mass is 10.1. The van der Waals surface area contributed by atoms with Crippen molar-refractivity contribution in [2.24, 2.45) is 0 Å². The van der Waals surface area contributed by atoms with Crippen LogP contribution in [0.25, 0.3) is 0 Å². The third-order valence-electron chi connectivity index (χ3n) is 3.66. The maximum atomic E-state index is 10.9. The van der Waals surface area contributed by atoms with E-state index in [4.69, 9.17) is 9.84 Å². The molecule has 0 saturated heterocycles. The molecule has 0 fully saturated rings. The Balaban J connectivity index is 3.69. The number of carbonyl (C=O) groups is 1. The summed E-state index contributed by atoms with van der Waals surface area (Å²) in [7, 11) is 6.18. The molecule has 0 aliphatic heterocycles.